The number of rotatable bonds is 4. The lowest BCUT2D eigenvalue weighted by atomic mass is 9.60. The first-order valence-electron chi connectivity index (χ1n) is 6.77. The molecule has 1 aromatic heterocycles. The third kappa shape index (κ3) is 2.44. The minimum absolute atomic E-state index is 0.0925. The van der Waals surface area contributed by atoms with Crippen molar-refractivity contribution < 1.29 is 13.7 Å². The zero-order chi connectivity index (χ0) is 16.0. The molecule has 0 amide bonds. The number of aromatic nitrogens is 3. The second-order valence-corrected chi connectivity index (χ2v) is 5.83. The van der Waals surface area contributed by atoms with Crippen molar-refractivity contribution in [1.82, 2.24) is 14.8 Å². The van der Waals surface area contributed by atoms with Crippen LogP contribution in [0, 0.1) is 10.1 Å². The lowest BCUT2D eigenvalue weighted by molar-refractivity contribution is -0.385. The molecule has 0 aliphatic heterocycles. The molecule has 0 unspecified atom stereocenters. The molecule has 1 fully saturated rings. The summed E-state index contributed by atoms with van der Waals surface area (Å²) in [4.78, 5) is 10.4. The summed E-state index contributed by atoms with van der Waals surface area (Å²) < 4.78 is 28.7. The van der Waals surface area contributed by atoms with Gasteiger partial charge in [0, 0.05) is 43.9 Å². The fourth-order valence-corrected chi connectivity index (χ4v) is 3.09. The van der Waals surface area contributed by atoms with Crippen molar-refractivity contribution in [3.05, 3.63) is 52.1 Å². The number of alkyl halides is 2. The Balaban J connectivity index is 1.99. The molecule has 0 bridgehead atoms. The molecule has 1 aliphatic carbocycles. The summed E-state index contributed by atoms with van der Waals surface area (Å²) in [6.07, 6.45) is 1.11. The molecule has 0 saturated heterocycles. The Morgan fingerprint density at radius 3 is 2.68 bits per heavy atom. The Bertz CT molecular complexity index is 721. The molecule has 1 aromatic carbocycles. The van der Waals surface area contributed by atoms with Gasteiger partial charge in [-0.3, -0.25) is 10.1 Å². The highest BCUT2D eigenvalue weighted by Crippen LogP contribution is 2.55. The summed E-state index contributed by atoms with van der Waals surface area (Å²) in [6, 6.07) is 5.93. The molecule has 0 radical (unpaired) electrons. The van der Waals surface area contributed by atoms with Crippen molar-refractivity contribution in [2.45, 2.75) is 30.6 Å². The average Bonchev–Trinajstić information content (AvgIpc) is 2.82. The number of nitro groups is 1. The van der Waals surface area contributed by atoms with Gasteiger partial charge in [-0.1, -0.05) is 12.1 Å². The van der Waals surface area contributed by atoms with Gasteiger partial charge in [0.2, 0.25) is 5.92 Å². The molecule has 22 heavy (non-hydrogen) atoms. The minimum atomic E-state index is -2.75. The van der Waals surface area contributed by atoms with E-state index in [9.17, 15) is 18.9 Å². The van der Waals surface area contributed by atoms with E-state index in [4.69, 9.17) is 0 Å². The summed E-state index contributed by atoms with van der Waals surface area (Å²) in [6.45, 7) is 0. The fraction of sp³-hybridized carbons (Fsp3) is 0.429. The lowest BCUT2D eigenvalue weighted by Gasteiger charge is -2.47. The van der Waals surface area contributed by atoms with Crippen molar-refractivity contribution in [2.75, 3.05) is 0 Å². The molecular formula is C14H14F2N4O2. The molecule has 8 heteroatoms. The van der Waals surface area contributed by atoms with Crippen LogP contribution in [0.2, 0.25) is 0 Å². The van der Waals surface area contributed by atoms with Gasteiger partial charge in [-0.05, 0) is 5.56 Å². The number of benzene rings is 1. The second kappa shape index (κ2) is 4.82. The molecule has 1 aliphatic rings. The third-order valence-electron chi connectivity index (χ3n) is 4.17. The van der Waals surface area contributed by atoms with E-state index in [-0.39, 0.29) is 24.9 Å². The van der Waals surface area contributed by atoms with Crippen LogP contribution in [-0.2, 0) is 18.9 Å². The van der Waals surface area contributed by atoms with E-state index in [1.54, 1.807) is 17.7 Å². The standard InChI is InChI=1S/C14H14F2N4O2/c1-19-9-17-18-12(19)6-13(7-14(15,16)8-13)10-3-2-4-11(5-10)20(21)22/h2-5,9H,6-8H2,1H3. The number of hydrogen-bond donors (Lipinski definition) is 0. The van der Waals surface area contributed by atoms with Crippen LogP contribution in [0.15, 0.2) is 30.6 Å². The smallest absolute Gasteiger partial charge is 0.269 e. The third-order valence-corrected chi connectivity index (χ3v) is 4.17. The van der Waals surface area contributed by atoms with Crippen molar-refractivity contribution in [3.8, 4) is 0 Å². The van der Waals surface area contributed by atoms with E-state index < -0.39 is 16.3 Å². The van der Waals surface area contributed by atoms with E-state index in [2.05, 4.69) is 10.2 Å². The van der Waals surface area contributed by atoms with E-state index in [0.29, 0.717) is 11.4 Å². The zero-order valence-corrected chi connectivity index (χ0v) is 11.9. The van der Waals surface area contributed by atoms with Gasteiger partial charge in [0.1, 0.15) is 12.2 Å². The monoisotopic (exact) mass is 308 g/mol. The summed E-state index contributed by atoms with van der Waals surface area (Å²) in [5.41, 5.74) is -0.378. The van der Waals surface area contributed by atoms with Crippen molar-refractivity contribution >= 4 is 5.69 Å². The highest BCUT2D eigenvalue weighted by Gasteiger charge is 2.57. The molecule has 0 spiro atoms. The van der Waals surface area contributed by atoms with Crippen LogP contribution in [0.4, 0.5) is 14.5 Å². The maximum Gasteiger partial charge on any atom is 0.269 e. The lowest BCUT2D eigenvalue weighted by Crippen LogP contribution is -2.51. The van der Waals surface area contributed by atoms with Crippen molar-refractivity contribution in [2.24, 2.45) is 7.05 Å². The first-order valence-corrected chi connectivity index (χ1v) is 6.77. The van der Waals surface area contributed by atoms with E-state index >= 15 is 0 Å². The highest BCUT2D eigenvalue weighted by molar-refractivity contribution is 5.41. The van der Waals surface area contributed by atoms with Crippen LogP contribution in [0.25, 0.3) is 0 Å². The van der Waals surface area contributed by atoms with Crippen LogP contribution in [-0.4, -0.2) is 25.6 Å². The molecule has 3 rings (SSSR count). The quantitative estimate of drug-likeness (QED) is 0.643. The molecule has 0 atom stereocenters. The van der Waals surface area contributed by atoms with Crippen LogP contribution in [0.5, 0.6) is 0 Å². The summed E-state index contributed by atoms with van der Waals surface area (Å²) >= 11 is 0. The van der Waals surface area contributed by atoms with Gasteiger partial charge in [-0.25, -0.2) is 8.78 Å². The molecule has 1 heterocycles. The topological polar surface area (TPSA) is 73.8 Å². The number of aryl methyl sites for hydroxylation is 1. The van der Waals surface area contributed by atoms with Gasteiger partial charge in [-0.2, -0.15) is 0 Å². The largest absolute Gasteiger partial charge is 0.321 e. The summed E-state index contributed by atoms with van der Waals surface area (Å²) in [5.74, 6) is -2.16. The SMILES string of the molecule is Cn1cnnc1CC1(c2cccc([N+](=O)[O-])c2)CC(F)(F)C1. The van der Waals surface area contributed by atoms with E-state index in [1.165, 1.54) is 24.5 Å². The maximum absolute atomic E-state index is 13.5. The molecule has 2 aromatic rings. The van der Waals surface area contributed by atoms with Gasteiger partial charge in [-0.15, -0.1) is 10.2 Å². The van der Waals surface area contributed by atoms with Gasteiger partial charge >= 0.3 is 0 Å². The van der Waals surface area contributed by atoms with Crippen LogP contribution in [0.1, 0.15) is 24.2 Å². The first-order chi connectivity index (χ1) is 10.3. The number of halogens is 2. The van der Waals surface area contributed by atoms with Crippen LogP contribution in [0.3, 0.4) is 0 Å². The fourth-order valence-electron chi connectivity index (χ4n) is 3.09. The highest BCUT2D eigenvalue weighted by atomic mass is 19.3. The number of nitro benzene ring substituents is 1. The number of nitrogens with zero attached hydrogens (tertiary/aromatic N) is 4. The van der Waals surface area contributed by atoms with Crippen molar-refractivity contribution in [1.29, 1.82) is 0 Å². The van der Waals surface area contributed by atoms with Gasteiger partial charge < -0.3 is 4.57 Å². The predicted octanol–water partition coefficient (Wildman–Crippen LogP) is 2.63. The molecular weight excluding hydrogens is 294 g/mol. The normalized spacial score (nSPS) is 18.7. The Morgan fingerprint density at radius 1 is 1.41 bits per heavy atom. The van der Waals surface area contributed by atoms with E-state index in [0.717, 1.165) is 0 Å². The number of hydrogen-bond acceptors (Lipinski definition) is 4. The Hall–Kier alpha value is -2.38. The van der Waals surface area contributed by atoms with Gasteiger partial charge in [0.15, 0.2) is 0 Å². The molecule has 0 N–H and O–H groups in total. The van der Waals surface area contributed by atoms with Gasteiger partial charge in [0.25, 0.3) is 5.69 Å². The van der Waals surface area contributed by atoms with Crippen LogP contribution >= 0.6 is 0 Å². The predicted molar refractivity (Wildman–Crippen MR) is 73.7 cm³/mol. The van der Waals surface area contributed by atoms with Gasteiger partial charge in [0.05, 0.1) is 4.92 Å². The average molecular weight is 308 g/mol. The Morgan fingerprint density at radius 2 is 2.14 bits per heavy atom. The van der Waals surface area contributed by atoms with E-state index in [1.807, 2.05) is 0 Å². The second-order valence-electron chi connectivity index (χ2n) is 5.83. The Labute approximate surface area is 124 Å². The minimum Gasteiger partial charge on any atom is -0.321 e. The molecule has 1 saturated carbocycles. The summed E-state index contributed by atoms with van der Waals surface area (Å²) in [7, 11) is 1.74. The van der Waals surface area contributed by atoms with Crippen LogP contribution < -0.4 is 0 Å². The maximum atomic E-state index is 13.5. The molecule has 6 nitrogen and oxygen atoms in total. The first kappa shape index (κ1) is 14.6. The Kier molecular flexibility index (Phi) is 3.19. The molecule has 116 valence electrons. The summed E-state index contributed by atoms with van der Waals surface area (Å²) in [5, 5.41) is 18.6. The van der Waals surface area contributed by atoms with Crippen molar-refractivity contribution in [3.63, 3.8) is 0 Å². The zero-order valence-electron chi connectivity index (χ0n) is 11.9. The number of non-ortho nitro benzene ring substituents is 1.